The molecule has 0 saturated heterocycles. The summed E-state index contributed by atoms with van der Waals surface area (Å²) in [4.78, 5) is 24.5. The first-order valence-corrected chi connectivity index (χ1v) is 6.28. The molecule has 0 spiro atoms. The first kappa shape index (κ1) is 13.4. The van der Waals surface area contributed by atoms with Gasteiger partial charge in [0.25, 0.3) is 5.91 Å². The summed E-state index contributed by atoms with van der Waals surface area (Å²) in [6, 6.07) is 4.74. The van der Waals surface area contributed by atoms with E-state index in [0.29, 0.717) is 12.5 Å². The first-order chi connectivity index (χ1) is 8.97. The third kappa shape index (κ3) is 3.47. The molecule has 5 heteroatoms. The molecule has 5 nitrogen and oxygen atoms in total. The molecule has 1 fully saturated rings. The zero-order valence-electron chi connectivity index (χ0n) is 10.8. The summed E-state index contributed by atoms with van der Waals surface area (Å²) in [5, 5.41) is 18.6. The molecule has 1 saturated carbocycles. The van der Waals surface area contributed by atoms with Crippen molar-refractivity contribution in [2.24, 2.45) is 5.92 Å². The van der Waals surface area contributed by atoms with Gasteiger partial charge in [-0.2, -0.15) is 0 Å². The van der Waals surface area contributed by atoms with Crippen LogP contribution in [0.2, 0.25) is 0 Å². The van der Waals surface area contributed by atoms with E-state index in [0.717, 1.165) is 18.4 Å². The number of carboxylic acids is 1. The van der Waals surface area contributed by atoms with Crippen LogP contribution in [0.4, 0.5) is 0 Å². The Morgan fingerprint density at radius 1 is 1.37 bits per heavy atom. The van der Waals surface area contributed by atoms with Gasteiger partial charge in [0.05, 0.1) is 5.56 Å². The lowest BCUT2D eigenvalue weighted by molar-refractivity contribution is -0.137. The fourth-order valence-corrected chi connectivity index (χ4v) is 1.99. The van der Waals surface area contributed by atoms with Crippen molar-refractivity contribution in [3.8, 4) is 5.75 Å². The van der Waals surface area contributed by atoms with Crippen molar-refractivity contribution in [3.05, 3.63) is 29.3 Å². The molecule has 2 rings (SSSR count). The number of hydrogen-bond acceptors (Lipinski definition) is 3. The summed E-state index contributed by atoms with van der Waals surface area (Å²) in [5.41, 5.74) is 1.02. The van der Waals surface area contributed by atoms with Crippen LogP contribution < -0.4 is 0 Å². The van der Waals surface area contributed by atoms with Gasteiger partial charge in [0.1, 0.15) is 12.3 Å². The Bertz CT molecular complexity index is 508. The van der Waals surface area contributed by atoms with Crippen LogP contribution in [0.3, 0.4) is 0 Å². The number of benzene rings is 1. The molecular weight excluding hydrogens is 246 g/mol. The van der Waals surface area contributed by atoms with E-state index in [2.05, 4.69) is 0 Å². The van der Waals surface area contributed by atoms with Crippen molar-refractivity contribution in [2.75, 3.05) is 13.1 Å². The van der Waals surface area contributed by atoms with E-state index in [1.807, 2.05) is 6.92 Å². The van der Waals surface area contributed by atoms with E-state index in [4.69, 9.17) is 5.11 Å². The minimum atomic E-state index is -1.04. The monoisotopic (exact) mass is 263 g/mol. The number of carbonyl (C=O) groups excluding carboxylic acids is 1. The van der Waals surface area contributed by atoms with Gasteiger partial charge < -0.3 is 15.1 Å². The summed E-state index contributed by atoms with van der Waals surface area (Å²) in [6.45, 7) is 1.93. The second-order valence-electron chi connectivity index (χ2n) is 5.04. The Labute approximate surface area is 111 Å². The number of aryl methyl sites for hydroxylation is 1. The van der Waals surface area contributed by atoms with Crippen molar-refractivity contribution >= 4 is 11.9 Å². The molecule has 19 heavy (non-hydrogen) atoms. The highest BCUT2D eigenvalue weighted by Gasteiger charge is 2.29. The number of nitrogens with zero attached hydrogens (tertiary/aromatic N) is 1. The third-order valence-corrected chi connectivity index (χ3v) is 3.17. The molecule has 0 heterocycles. The maximum Gasteiger partial charge on any atom is 0.323 e. The minimum absolute atomic E-state index is 0.109. The summed E-state index contributed by atoms with van der Waals surface area (Å²) in [5.74, 6) is -1.17. The second-order valence-corrected chi connectivity index (χ2v) is 5.04. The average molecular weight is 263 g/mol. The van der Waals surface area contributed by atoms with E-state index in [-0.39, 0.29) is 17.9 Å². The smallest absolute Gasteiger partial charge is 0.323 e. The molecule has 0 aromatic heterocycles. The molecular formula is C14H17NO4. The van der Waals surface area contributed by atoms with Gasteiger partial charge in [0.2, 0.25) is 0 Å². The molecule has 0 unspecified atom stereocenters. The van der Waals surface area contributed by atoms with Crippen LogP contribution in [0.5, 0.6) is 5.75 Å². The fraction of sp³-hybridized carbons (Fsp3) is 0.429. The van der Waals surface area contributed by atoms with Gasteiger partial charge in [-0.3, -0.25) is 9.59 Å². The lowest BCUT2D eigenvalue weighted by atomic mass is 10.1. The standard InChI is InChI=1S/C14H17NO4/c1-9-2-5-12(16)11(6-9)14(19)15(8-13(17)18)7-10-3-4-10/h2,5-6,10,16H,3-4,7-8H2,1H3,(H,17,18). The molecule has 1 aliphatic rings. The molecule has 0 radical (unpaired) electrons. The summed E-state index contributed by atoms with van der Waals surface area (Å²) in [6.07, 6.45) is 2.06. The Kier molecular flexibility index (Phi) is 3.74. The Morgan fingerprint density at radius 2 is 2.05 bits per heavy atom. The molecule has 102 valence electrons. The first-order valence-electron chi connectivity index (χ1n) is 6.28. The summed E-state index contributed by atoms with van der Waals surface area (Å²) < 4.78 is 0. The van der Waals surface area contributed by atoms with E-state index in [1.54, 1.807) is 12.1 Å². The third-order valence-electron chi connectivity index (χ3n) is 3.17. The van der Waals surface area contributed by atoms with Crippen molar-refractivity contribution in [3.63, 3.8) is 0 Å². The number of rotatable bonds is 5. The quantitative estimate of drug-likeness (QED) is 0.846. The van der Waals surface area contributed by atoms with Crippen LogP contribution in [0.1, 0.15) is 28.8 Å². The van der Waals surface area contributed by atoms with Gasteiger partial charge in [0.15, 0.2) is 0 Å². The van der Waals surface area contributed by atoms with Gasteiger partial charge >= 0.3 is 5.97 Å². The molecule has 1 aromatic carbocycles. The van der Waals surface area contributed by atoms with E-state index < -0.39 is 11.9 Å². The van der Waals surface area contributed by atoms with Gasteiger partial charge in [-0.25, -0.2) is 0 Å². The molecule has 0 aliphatic heterocycles. The van der Waals surface area contributed by atoms with Crippen molar-refractivity contribution in [2.45, 2.75) is 19.8 Å². The number of hydrogen-bond donors (Lipinski definition) is 2. The number of phenols is 1. The number of amides is 1. The van der Waals surface area contributed by atoms with Crippen LogP contribution in [0.25, 0.3) is 0 Å². The SMILES string of the molecule is Cc1ccc(O)c(C(=O)N(CC(=O)O)CC2CC2)c1. The normalized spacial score (nSPS) is 14.2. The fourth-order valence-electron chi connectivity index (χ4n) is 1.99. The van der Waals surface area contributed by atoms with Crippen LogP contribution in [0, 0.1) is 12.8 Å². The number of phenolic OH excluding ortho intramolecular Hbond substituents is 1. The van der Waals surface area contributed by atoms with E-state index in [9.17, 15) is 14.7 Å². The van der Waals surface area contributed by atoms with E-state index in [1.165, 1.54) is 11.0 Å². The number of carboxylic acid groups (broad SMARTS) is 1. The van der Waals surface area contributed by atoms with Crippen LogP contribution >= 0.6 is 0 Å². The molecule has 0 atom stereocenters. The highest BCUT2D eigenvalue weighted by molar-refractivity contribution is 5.98. The predicted octanol–water partition coefficient (Wildman–Crippen LogP) is 1.64. The highest BCUT2D eigenvalue weighted by atomic mass is 16.4. The maximum absolute atomic E-state index is 12.3. The van der Waals surface area contributed by atoms with Gasteiger partial charge in [-0.05, 0) is 37.8 Å². The lowest BCUT2D eigenvalue weighted by Crippen LogP contribution is -2.37. The number of aromatic hydroxyl groups is 1. The van der Waals surface area contributed by atoms with E-state index >= 15 is 0 Å². The maximum atomic E-state index is 12.3. The highest BCUT2D eigenvalue weighted by Crippen LogP contribution is 2.30. The predicted molar refractivity (Wildman–Crippen MR) is 69.1 cm³/mol. The lowest BCUT2D eigenvalue weighted by Gasteiger charge is -2.21. The van der Waals surface area contributed by atoms with Crippen molar-refractivity contribution in [1.82, 2.24) is 4.90 Å². The van der Waals surface area contributed by atoms with Crippen molar-refractivity contribution in [1.29, 1.82) is 0 Å². The van der Waals surface area contributed by atoms with Gasteiger partial charge in [-0.15, -0.1) is 0 Å². The molecule has 2 N–H and O–H groups in total. The molecule has 1 amide bonds. The molecule has 0 bridgehead atoms. The summed E-state index contributed by atoms with van der Waals surface area (Å²) >= 11 is 0. The molecule has 1 aromatic rings. The van der Waals surface area contributed by atoms with Crippen LogP contribution in [-0.4, -0.2) is 40.1 Å². The average Bonchev–Trinajstić information content (AvgIpc) is 3.14. The van der Waals surface area contributed by atoms with Gasteiger partial charge in [-0.1, -0.05) is 11.6 Å². The van der Waals surface area contributed by atoms with Crippen LogP contribution in [0.15, 0.2) is 18.2 Å². The van der Waals surface area contributed by atoms with Crippen molar-refractivity contribution < 1.29 is 19.8 Å². The Morgan fingerprint density at radius 3 is 2.63 bits per heavy atom. The summed E-state index contributed by atoms with van der Waals surface area (Å²) in [7, 11) is 0. The minimum Gasteiger partial charge on any atom is -0.507 e. The largest absolute Gasteiger partial charge is 0.507 e. The van der Waals surface area contributed by atoms with Gasteiger partial charge in [0, 0.05) is 6.54 Å². The Hall–Kier alpha value is -2.04. The zero-order chi connectivity index (χ0) is 14.0. The molecule has 1 aliphatic carbocycles. The second kappa shape index (κ2) is 5.30. The Balaban J connectivity index is 2.21. The number of carbonyl (C=O) groups is 2. The van der Waals surface area contributed by atoms with Crippen LogP contribution in [-0.2, 0) is 4.79 Å². The zero-order valence-corrected chi connectivity index (χ0v) is 10.8. The topological polar surface area (TPSA) is 77.8 Å². The number of aliphatic carboxylic acids is 1.